The Morgan fingerprint density at radius 2 is 1.07 bits per heavy atom. The topological polar surface area (TPSA) is 141 Å². The Morgan fingerprint density at radius 3 is 1.22 bits per heavy atom. The van der Waals surface area contributed by atoms with Crippen LogP contribution >= 0.6 is 0 Å². The first-order valence-corrected chi connectivity index (χ1v) is 9.22. The quantitative estimate of drug-likeness (QED) is 0.177. The minimum absolute atomic E-state index is 0. The van der Waals surface area contributed by atoms with Crippen LogP contribution in [-0.2, 0) is 16.8 Å². The summed E-state index contributed by atoms with van der Waals surface area (Å²) in [6.07, 6.45) is 1.79. The summed E-state index contributed by atoms with van der Waals surface area (Å²) in [6.45, 7) is 16.9. The summed E-state index contributed by atoms with van der Waals surface area (Å²) in [5.74, 6) is 0. The molecule has 0 amide bonds. The van der Waals surface area contributed by atoms with Gasteiger partial charge in [0.2, 0.25) is 0 Å². The van der Waals surface area contributed by atoms with Gasteiger partial charge in [-0.2, -0.15) is 0 Å². The molecule has 0 aromatic carbocycles. The summed E-state index contributed by atoms with van der Waals surface area (Å²) in [5.41, 5.74) is 12.6. The first-order valence-electron chi connectivity index (χ1n) is 9.22. The van der Waals surface area contributed by atoms with E-state index in [9.17, 15) is 0 Å². The summed E-state index contributed by atoms with van der Waals surface area (Å²) in [5, 5.41) is 30.0. The minimum atomic E-state index is -0.233. The van der Waals surface area contributed by atoms with E-state index < -0.39 is 0 Å². The Labute approximate surface area is 175 Å². The second-order valence-electron chi connectivity index (χ2n) is 8.14. The molecular formula is C18H42CoN6O2+3. The van der Waals surface area contributed by atoms with E-state index in [1.807, 2.05) is 41.5 Å². The van der Waals surface area contributed by atoms with Crippen LogP contribution in [-0.4, -0.2) is 58.1 Å². The van der Waals surface area contributed by atoms with Gasteiger partial charge in [0.05, 0.1) is 11.4 Å². The molecule has 0 saturated carbocycles. The van der Waals surface area contributed by atoms with E-state index in [4.69, 9.17) is 21.9 Å². The number of nitrogens with one attached hydrogen (secondary N) is 2. The van der Waals surface area contributed by atoms with E-state index in [1.165, 1.54) is 0 Å². The molecule has 162 valence electrons. The van der Waals surface area contributed by atoms with Gasteiger partial charge in [0.15, 0.2) is 0 Å². The molecular weight excluding hydrogens is 391 g/mol. The van der Waals surface area contributed by atoms with E-state index in [1.54, 1.807) is 13.8 Å². The first-order chi connectivity index (χ1) is 11.8. The van der Waals surface area contributed by atoms with Gasteiger partial charge < -0.3 is 32.5 Å². The molecule has 2 atom stereocenters. The van der Waals surface area contributed by atoms with E-state index in [-0.39, 0.29) is 39.9 Å². The molecule has 0 aliphatic heterocycles. The molecule has 0 rings (SSSR count). The molecule has 8 nitrogen and oxygen atoms in total. The van der Waals surface area contributed by atoms with Crippen LogP contribution in [0.3, 0.4) is 0 Å². The number of hydrogen-bond acceptors (Lipinski definition) is 8. The zero-order valence-electron chi connectivity index (χ0n) is 18.3. The summed E-state index contributed by atoms with van der Waals surface area (Å²) >= 11 is 0. The summed E-state index contributed by atoms with van der Waals surface area (Å²) in [7, 11) is 0. The van der Waals surface area contributed by atoms with Gasteiger partial charge in [-0.05, 0) is 54.4 Å². The average Bonchev–Trinajstić information content (AvgIpc) is 2.53. The zero-order chi connectivity index (χ0) is 21.0. The van der Waals surface area contributed by atoms with Crippen molar-refractivity contribution in [3.63, 3.8) is 0 Å². The SMILES string of the molecule is CCC(NCC(C)(C)N)C(C)=NO.CCC(NCC(C)(C)N)C(C)=NO.[Co+3]. The number of oxime groups is 2. The van der Waals surface area contributed by atoms with E-state index >= 15 is 0 Å². The molecule has 9 heteroatoms. The summed E-state index contributed by atoms with van der Waals surface area (Å²) in [4.78, 5) is 0. The Kier molecular flexibility index (Phi) is 17.5. The van der Waals surface area contributed by atoms with E-state index in [2.05, 4.69) is 20.9 Å². The van der Waals surface area contributed by atoms with E-state index in [0.29, 0.717) is 24.5 Å². The molecule has 2 unspecified atom stereocenters. The van der Waals surface area contributed by atoms with Crippen molar-refractivity contribution in [2.45, 2.75) is 91.4 Å². The van der Waals surface area contributed by atoms with Crippen molar-refractivity contribution < 1.29 is 27.2 Å². The second kappa shape index (κ2) is 15.2. The molecule has 0 aromatic rings. The zero-order valence-corrected chi connectivity index (χ0v) is 19.3. The molecule has 0 saturated heterocycles. The molecule has 0 bridgehead atoms. The average molecular weight is 434 g/mol. The largest absolute Gasteiger partial charge is 3.00 e. The van der Waals surface area contributed by atoms with Crippen LogP contribution in [0.4, 0.5) is 0 Å². The Bertz CT molecular complexity index is 391. The van der Waals surface area contributed by atoms with Gasteiger partial charge in [-0.15, -0.1) is 0 Å². The van der Waals surface area contributed by atoms with Gasteiger partial charge in [0.25, 0.3) is 0 Å². The number of nitrogens with two attached hydrogens (primary N) is 2. The van der Waals surface area contributed by atoms with Crippen LogP contribution in [0.15, 0.2) is 10.3 Å². The maximum absolute atomic E-state index is 8.58. The standard InChI is InChI=1S/2C9H21N3O.Co/c2*1-5-8(7(2)12-13)11-6-9(3,4)10;/h2*8,11,13H,5-6,10H2,1-4H3;/q;;+3. The molecule has 8 N–H and O–H groups in total. The smallest absolute Gasteiger partial charge is 0.411 e. The van der Waals surface area contributed by atoms with Crippen LogP contribution in [0.2, 0.25) is 0 Å². The predicted octanol–water partition coefficient (Wildman–Crippen LogP) is 1.88. The fraction of sp³-hybridized carbons (Fsp3) is 0.889. The van der Waals surface area contributed by atoms with Crippen LogP contribution < -0.4 is 22.1 Å². The van der Waals surface area contributed by atoms with Crippen molar-refractivity contribution in [3.05, 3.63) is 0 Å². The van der Waals surface area contributed by atoms with Gasteiger partial charge in [-0.25, -0.2) is 0 Å². The molecule has 0 radical (unpaired) electrons. The molecule has 0 heterocycles. The fourth-order valence-corrected chi connectivity index (χ4v) is 2.09. The third-order valence-corrected chi connectivity index (χ3v) is 3.75. The van der Waals surface area contributed by atoms with Crippen LogP contribution in [0.25, 0.3) is 0 Å². The predicted molar refractivity (Wildman–Crippen MR) is 110 cm³/mol. The van der Waals surface area contributed by atoms with Crippen molar-refractivity contribution in [2.75, 3.05) is 13.1 Å². The monoisotopic (exact) mass is 433 g/mol. The van der Waals surface area contributed by atoms with Gasteiger partial charge in [-0.1, -0.05) is 24.2 Å². The first kappa shape index (κ1) is 31.0. The van der Waals surface area contributed by atoms with Gasteiger partial charge >= 0.3 is 16.8 Å². The molecule has 27 heavy (non-hydrogen) atoms. The van der Waals surface area contributed by atoms with Gasteiger partial charge in [-0.3, -0.25) is 0 Å². The maximum Gasteiger partial charge on any atom is 3.00 e. The molecule has 0 aliphatic carbocycles. The van der Waals surface area contributed by atoms with Crippen molar-refractivity contribution in [2.24, 2.45) is 21.8 Å². The number of hydrogen-bond donors (Lipinski definition) is 6. The summed E-state index contributed by atoms with van der Waals surface area (Å²) in [6, 6.07) is 0.237. The normalized spacial score (nSPS) is 15.3. The molecule has 0 spiro atoms. The molecule has 0 aromatic heterocycles. The van der Waals surface area contributed by atoms with Crippen molar-refractivity contribution in [1.82, 2.24) is 10.6 Å². The Morgan fingerprint density at radius 1 is 0.815 bits per heavy atom. The third kappa shape index (κ3) is 18.4. The molecule has 0 aliphatic rings. The molecule has 0 fully saturated rings. The van der Waals surface area contributed by atoms with Crippen LogP contribution in [0.5, 0.6) is 0 Å². The van der Waals surface area contributed by atoms with Crippen LogP contribution in [0, 0.1) is 0 Å². The van der Waals surface area contributed by atoms with Crippen molar-refractivity contribution in [1.29, 1.82) is 0 Å². The van der Waals surface area contributed by atoms with Crippen LogP contribution in [0.1, 0.15) is 68.2 Å². The maximum atomic E-state index is 8.58. The Hall–Kier alpha value is -0.714. The van der Waals surface area contributed by atoms with E-state index in [0.717, 1.165) is 12.8 Å². The number of rotatable bonds is 10. The van der Waals surface area contributed by atoms with Gasteiger partial charge in [0.1, 0.15) is 0 Å². The summed E-state index contributed by atoms with van der Waals surface area (Å²) < 4.78 is 0. The number of nitrogens with zero attached hydrogens (tertiary/aromatic N) is 2. The third-order valence-electron chi connectivity index (χ3n) is 3.75. The Balaban J connectivity index is -0.000000411. The fourth-order valence-electron chi connectivity index (χ4n) is 2.09. The van der Waals surface area contributed by atoms with Crippen molar-refractivity contribution in [3.8, 4) is 0 Å². The van der Waals surface area contributed by atoms with Gasteiger partial charge in [0, 0.05) is 36.3 Å². The minimum Gasteiger partial charge on any atom is -0.411 e. The van der Waals surface area contributed by atoms with Crippen molar-refractivity contribution >= 4 is 11.4 Å². The second-order valence-corrected chi connectivity index (χ2v) is 8.14.